The minimum absolute atomic E-state index is 0.285. The third-order valence-electron chi connectivity index (χ3n) is 4.26. The number of ether oxygens (including phenoxy) is 1. The molecule has 1 amide bonds. The molecular weight excluding hydrogens is 338 g/mol. The second kappa shape index (κ2) is 7.25. The molecule has 0 aliphatic heterocycles. The number of hydrogen-bond acceptors (Lipinski definition) is 4. The van der Waals surface area contributed by atoms with Crippen molar-refractivity contribution in [1.82, 2.24) is 9.97 Å². The standard InChI is InChI=1S/C22H17N3O2/c1-27-19-12-6-5-11-17(19)22(26)25-21-18(15-8-3-2-4-9-15)14-16-10-7-13-23-20(16)24-21/h2-14H,1H3,(H,23,24,25,26). The van der Waals surface area contributed by atoms with Crippen LogP contribution < -0.4 is 10.1 Å². The molecule has 1 N–H and O–H groups in total. The molecular formula is C22H17N3O2. The molecule has 0 aliphatic carbocycles. The zero-order valence-electron chi connectivity index (χ0n) is 14.7. The first-order chi connectivity index (χ1) is 13.3. The topological polar surface area (TPSA) is 64.1 Å². The zero-order valence-corrected chi connectivity index (χ0v) is 14.7. The van der Waals surface area contributed by atoms with Crippen LogP contribution in [0.2, 0.25) is 0 Å². The lowest BCUT2D eigenvalue weighted by Crippen LogP contribution is -2.15. The fourth-order valence-electron chi connectivity index (χ4n) is 2.95. The van der Waals surface area contributed by atoms with E-state index in [1.165, 1.54) is 0 Å². The first kappa shape index (κ1) is 16.7. The van der Waals surface area contributed by atoms with Crippen molar-refractivity contribution in [3.63, 3.8) is 0 Å². The highest BCUT2D eigenvalue weighted by Crippen LogP contribution is 2.30. The second-order valence-corrected chi connectivity index (χ2v) is 5.96. The molecule has 2 aromatic carbocycles. The van der Waals surface area contributed by atoms with E-state index >= 15 is 0 Å². The van der Waals surface area contributed by atoms with E-state index in [2.05, 4.69) is 15.3 Å². The number of para-hydroxylation sites is 1. The molecule has 4 aromatic rings. The van der Waals surface area contributed by atoms with Gasteiger partial charge >= 0.3 is 0 Å². The summed E-state index contributed by atoms with van der Waals surface area (Å²) in [6, 6.07) is 22.7. The Bertz CT molecular complexity index is 1110. The average molecular weight is 355 g/mol. The highest BCUT2D eigenvalue weighted by Gasteiger charge is 2.16. The van der Waals surface area contributed by atoms with E-state index in [-0.39, 0.29) is 5.91 Å². The number of methoxy groups -OCH3 is 1. The molecule has 0 radical (unpaired) electrons. The van der Waals surface area contributed by atoms with Gasteiger partial charge in [-0.15, -0.1) is 0 Å². The number of carbonyl (C=O) groups is 1. The lowest BCUT2D eigenvalue weighted by atomic mass is 10.0. The molecule has 5 nitrogen and oxygen atoms in total. The summed E-state index contributed by atoms with van der Waals surface area (Å²) in [5.41, 5.74) is 2.82. The summed E-state index contributed by atoms with van der Waals surface area (Å²) in [7, 11) is 1.54. The van der Waals surface area contributed by atoms with Crippen molar-refractivity contribution in [3.8, 4) is 16.9 Å². The molecule has 2 aromatic heterocycles. The molecule has 27 heavy (non-hydrogen) atoms. The minimum Gasteiger partial charge on any atom is -0.496 e. The monoisotopic (exact) mass is 355 g/mol. The van der Waals surface area contributed by atoms with Crippen LogP contribution in [0.3, 0.4) is 0 Å². The van der Waals surface area contributed by atoms with Crippen molar-refractivity contribution in [2.45, 2.75) is 0 Å². The second-order valence-electron chi connectivity index (χ2n) is 5.96. The van der Waals surface area contributed by atoms with E-state index in [1.807, 2.05) is 54.6 Å². The number of hydrogen-bond donors (Lipinski definition) is 1. The van der Waals surface area contributed by atoms with Gasteiger partial charge in [-0.25, -0.2) is 9.97 Å². The van der Waals surface area contributed by atoms with Crippen LogP contribution in [0.25, 0.3) is 22.2 Å². The van der Waals surface area contributed by atoms with E-state index in [4.69, 9.17) is 4.74 Å². The molecule has 0 spiro atoms. The molecule has 0 fully saturated rings. The van der Waals surface area contributed by atoms with E-state index < -0.39 is 0 Å². The predicted octanol–water partition coefficient (Wildman–Crippen LogP) is 4.56. The largest absolute Gasteiger partial charge is 0.496 e. The smallest absolute Gasteiger partial charge is 0.260 e. The van der Waals surface area contributed by atoms with Crippen LogP contribution in [0.1, 0.15) is 10.4 Å². The summed E-state index contributed by atoms with van der Waals surface area (Å²) < 4.78 is 5.30. The molecule has 0 saturated heterocycles. The van der Waals surface area contributed by atoms with Gasteiger partial charge in [0.2, 0.25) is 0 Å². The Morgan fingerprint density at radius 3 is 2.56 bits per heavy atom. The van der Waals surface area contributed by atoms with Crippen LogP contribution in [0, 0.1) is 0 Å². The molecule has 4 rings (SSSR count). The Morgan fingerprint density at radius 1 is 0.963 bits per heavy atom. The van der Waals surface area contributed by atoms with Crippen LogP contribution in [0.5, 0.6) is 5.75 Å². The first-order valence-electron chi connectivity index (χ1n) is 8.52. The SMILES string of the molecule is COc1ccccc1C(=O)Nc1nc2ncccc2cc1-c1ccccc1. The van der Waals surface area contributed by atoms with Gasteiger partial charge < -0.3 is 10.1 Å². The third kappa shape index (κ3) is 3.35. The van der Waals surface area contributed by atoms with Crippen LogP contribution in [-0.2, 0) is 0 Å². The maximum absolute atomic E-state index is 12.9. The lowest BCUT2D eigenvalue weighted by Gasteiger charge is -2.13. The summed E-state index contributed by atoms with van der Waals surface area (Å²) >= 11 is 0. The van der Waals surface area contributed by atoms with Crippen LogP contribution in [0.4, 0.5) is 5.82 Å². The fraction of sp³-hybridized carbons (Fsp3) is 0.0455. The van der Waals surface area contributed by atoms with Gasteiger partial charge in [-0.2, -0.15) is 0 Å². The number of nitrogens with zero attached hydrogens (tertiary/aromatic N) is 2. The number of pyridine rings is 2. The van der Waals surface area contributed by atoms with Crippen molar-refractivity contribution in [2.24, 2.45) is 0 Å². The van der Waals surface area contributed by atoms with Crippen molar-refractivity contribution < 1.29 is 9.53 Å². The van der Waals surface area contributed by atoms with Crippen molar-refractivity contribution in [2.75, 3.05) is 12.4 Å². The van der Waals surface area contributed by atoms with Gasteiger partial charge in [0.25, 0.3) is 5.91 Å². The molecule has 0 aliphatic rings. The van der Waals surface area contributed by atoms with Gasteiger partial charge in [-0.05, 0) is 35.9 Å². The minimum atomic E-state index is -0.285. The molecule has 0 unspecified atom stereocenters. The summed E-state index contributed by atoms with van der Waals surface area (Å²) in [6.07, 6.45) is 1.68. The van der Waals surface area contributed by atoms with Crippen LogP contribution in [-0.4, -0.2) is 23.0 Å². The summed E-state index contributed by atoms with van der Waals surface area (Å²) in [6.45, 7) is 0. The molecule has 5 heteroatoms. The number of aromatic nitrogens is 2. The number of fused-ring (bicyclic) bond motifs is 1. The maximum atomic E-state index is 12.9. The number of carbonyl (C=O) groups excluding carboxylic acids is 1. The maximum Gasteiger partial charge on any atom is 0.260 e. The average Bonchev–Trinajstić information content (AvgIpc) is 2.73. The normalized spacial score (nSPS) is 10.6. The van der Waals surface area contributed by atoms with Crippen molar-refractivity contribution >= 4 is 22.8 Å². The van der Waals surface area contributed by atoms with Crippen molar-refractivity contribution in [3.05, 3.63) is 84.6 Å². The highest BCUT2D eigenvalue weighted by atomic mass is 16.5. The summed E-state index contributed by atoms with van der Waals surface area (Å²) in [5.74, 6) is 0.686. The molecule has 0 atom stereocenters. The fourth-order valence-corrected chi connectivity index (χ4v) is 2.95. The molecule has 2 heterocycles. The van der Waals surface area contributed by atoms with Gasteiger partial charge in [0, 0.05) is 17.1 Å². The number of benzene rings is 2. The van der Waals surface area contributed by atoms with Gasteiger partial charge in [0.1, 0.15) is 11.6 Å². The van der Waals surface area contributed by atoms with Gasteiger partial charge in [-0.3, -0.25) is 4.79 Å². The predicted molar refractivity (Wildman–Crippen MR) is 106 cm³/mol. The van der Waals surface area contributed by atoms with E-state index in [9.17, 15) is 4.79 Å². The van der Waals surface area contributed by atoms with E-state index in [0.717, 1.165) is 16.5 Å². The van der Waals surface area contributed by atoms with Gasteiger partial charge in [-0.1, -0.05) is 42.5 Å². The van der Waals surface area contributed by atoms with Gasteiger partial charge in [0.05, 0.1) is 12.7 Å². The highest BCUT2D eigenvalue weighted by molar-refractivity contribution is 6.08. The Morgan fingerprint density at radius 2 is 1.74 bits per heavy atom. The molecule has 132 valence electrons. The van der Waals surface area contributed by atoms with Crippen LogP contribution >= 0.6 is 0 Å². The van der Waals surface area contributed by atoms with E-state index in [0.29, 0.717) is 22.8 Å². The van der Waals surface area contributed by atoms with Crippen molar-refractivity contribution in [1.29, 1.82) is 0 Å². The number of amides is 1. The van der Waals surface area contributed by atoms with E-state index in [1.54, 1.807) is 31.5 Å². The molecule has 0 bridgehead atoms. The summed E-state index contributed by atoms with van der Waals surface area (Å²) in [5, 5.41) is 3.83. The van der Waals surface area contributed by atoms with Gasteiger partial charge in [0.15, 0.2) is 5.65 Å². The third-order valence-corrected chi connectivity index (χ3v) is 4.26. The number of anilines is 1. The Hall–Kier alpha value is -3.73. The Balaban J connectivity index is 1.81. The quantitative estimate of drug-likeness (QED) is 0.583. The van der Waals surface area contributed by atoms with Crippen LogP contribution in [0.15, 0.2) is 79.0 Å². The molecule has 0 saturated carbocycles. The first-order valence-corrected chi connectivity index (χ1v) is 8.52. The Labute approximate surface area is 156 Å². The number of nitrogens with one attached hydrogen (secondary N) is 1. The lowest BCUT2D eigenvalue weighted by molar-refractivity contribution is 0.102. The zero-order chi connectivity index (χ0) is 18.6. The number of rotatable bonds is 4. The summed E-state index contributed by atoms with van der Waals surface area (Å²) in [4.78, 5) is 21.8. The Kier molecular flexibility index (Phi) is 4.49.